The molecule has 2 N–H and O–H groups in total. The highest BCUT2D eigenvalue weighted by Crippen LogP contribution is 2.33. The molecule has 1 aliphatic carbocycles. The fraction of sp³-hybridized carbons (Fsp3) is 0.286. The zero-order valence-corrected chi connectivity index (χ0v) is 16.0. The lowest BCUT2D eigenvalue weighted by molar-refractivity contribution is -0.383. The van der Waals surface area contributed by atoms with E-state index in [0.29, 0.717) is 12.2 Å². The number of anilines is 3. The first-order valence-electron chi connectivity index (χ1n) is 9.74. The molecule has 8 nitrogen and oxygen atoms in total. The number of rotatable bonds is 7. The van der Waals surface area contributed by atoms with Crippen LogP contribution in [0.5, 0.6) is 0 Å². The first-order valence-corrected chi connectivity index (χ1v) is 9.74. The maximum atomic E-state index is 11.8. The number of nitrogens with one attached hydrogen (secondary N) is 2. The third kappa shape index (κ3) is 4.31. The molecule has 0 spiro atoms. The fourth-order valence-electron chi connectivity index (χ4n) is 3.58. The van der Waals surface area contributed by atoms with E-state index < -0.39 is 4.92 Å². The summed E-state index contributed by atoms with van der Waals surface area (Å²) < 4.78 is 0. The van der Waals surface area contributed by atoms with Gasteiger partial charge in [-0.05, 0) is 44.2 Å². The van der Waals surface area contributed by atoms with E-state index in [1.165, 1.54) is 24.7 Å². The van der Waals surface area contributed by atoms with Crippen molar-refractivity contribution in [3.8, 4) is 0 Å². The molecule has 0 fully saturated rings. The number of benzene rings is 1. The van der Waals surface area contributed by atoms with Gasteiger partial charge in [0.15, 0.2) is 0 Å². The Labute approximate surface area is 168 Å². The fourth-order valence-corrected chi connectivity index (χ4v) is 3.58. The number of para-hydroxylation sites is 1. The molecule has 0 aliphatic heterocycles. The molecule has 0 radical (unpaired) electrons. The summed E-state index contributed by atoms with van der Waals surface area (Å²) in [7, 11) is 0. The van der Waals surface area contributed by atoms with Crippen LogP contribution >= 0.6 is 0 Å². The number of fused-ring (bicyclic) bond motifs is 1. The van der Waals surface area contributed by atoms with Gasteiger partial charge in [-0.3, -0.25) is 15.1 Å². The maximum absolute atomic E-state index is 11.8. The molecule has 3 aromatic rings. The Hall–Kier alpha value is -3.55. The van der Waals surface area contributed by atoms with Crippen LogP contribution in [-0.2, 0) is 0 Å². The van der Waals surface area contributed by atoms with Gasteiger partial charge in [0.05, 0.1) is 16.1 Å². The molecule has 148 valence electrons. The Kier molecular flexibility index (Phi) is 5.60. The van der Waals surface area contributed by atoms with Gasteiger partial charge in [-0.15, -0.1) is 0 Å². The highest BCUT2D eigenvalue weighted by atomic mass is 16.6. The van der Waals surface area contributed by atoms with Crippen molar-refractivity contribution in [3.05, 3.63) is 64.6 Å². The second kappa shape index (κ2) is 8.64. The first kappa shape index (κ1) is 18.8. The van der Waals surface area contributed by atoms with Crippen LogP contribution in [0, 0.1) is 10.1 Å². The zero-order chi connectivity index (χ0) is 20.1. The summed E-state index contributed by atoms with van der Waals surface area (Å²) in [5.41, 5.74) is 2.61. The molecule has 0 bridgehead atoms. The second-order valence-electron chi connectivity index (χ2n) is 6.97. The van der Waals surface area contributed by atoms with Gasteiger partial charge in [0.25, 0.3) is 0 Å². The van der Waals surface area contributed by atoms with Gasteiger partial charge in [-0.25, -0.2) is 9.97 Å². The van der Waals surface area contributed by atoms with Crippen LogP contribution in [0.15, 0.2) is 54.5 Å². The van der Waals surface area contributed by atoms with Crippen molar-refractivity contribution in [1.29, 1.82) is 0 Å². The number of hydrogen-bond donors (Lipinski definition) is 2. The first-order chi connectivity index (χ1) is 14.2. The molecule has 29 heavy (non-hydrogen) atoms. The van der Waals surface area contributed by atoms with Crippen molar-refractivity contribution in [2.24, 2.45) is 0 Å². The van der Waals surface area contributed by atoms with Crippen LogP contribution in [0.1, 0.15) is 32.1 Å². The van der Waals surface area contributed by atoms with Crippen LogP contribution in [0.25, 0.3) is 10.9 Å². The van der Waals surface area contributed by atoms with Gasteiger partial charge >= 0.3 is 5.69 Å². The van der Waals surface area contributed by atoms with Crippen molar-refractivity contribution >= 4 is 33.9 Å². The summed E-state index contributed by atoms with van der Waals surface area (Å²) in [5.74, 6) is 0.361. The Bertz CT molecular complexity index is 1060. The molecule has 8 heteroatoms. The summed E-state index contributed by atoms with van der Waals surface area (Å²) in [4.78, 5) is 23.9. The van der Waals surface area contributed by atoms with Crippen LogP contribution in [-0.4, -0.2) is 26.4 Å². The van der Waals surface area contributed by atoms with E-state index in [2.05, 4.69) is 31.7 Å². The predicted octanol–water partition coefficient (Wildman–Crippen LogP) is 4.98. The summed E-state index contributed by atoms with van der Waals surface area (Å²) in [6, 6.07) is 9.42. The summed E-state index contributed by atoms with van der Waals surface area (Å²) in [6.45, 7) is 0.596. The molecule has 2 heterocycles. The molecule has 0 unspecified atom stereocenters. The third-order valence-corrected chi connectivity index (χ3v) is 5.01. The Morgan fingerprint density at radius 2 is 1.93 bits per heavy atom. The minimum absolute atomic E-state index is 0.141. The lowest BCUT2D eigenvalue weighted by Gasteiger charge is -2.14. The highest BCUT2D eigenvalue weighted by Gasteiger charge is 2.23. The predicted molar refractivity (Wildman–Crippen MR) is 113 cm³/mol. The molecule has 4 rings (SSSR count). The molecule has 1 aromatic carbocycles. The van der Waals surface area contributed by atoms with Gasteiger partial charge in [-0.2, -0.15) is 0 Å². The average Bonchev–Trinajstić information content (AvgIpc) is 2.75. The van der Waals surface area contributed by atoms with E-state index in [4.69, 9.17) is 0 Å². The van der Waals surface area contributed by atoms with Crippen molar-refractivity contribution in [2.75, 3.05) is 17.2 Å². The number of nitrogens with zero attached hydrogens (tertiary/aromatic N) is 4. The van der Waals surface area contributed by atoms with Gasteiger partial charge in [0.1, 0.15) is 6.33 Å². The number of nitro groups is 1. The van der Waals surface area contributed by atoms with E-state index in [1.807, 2.05) is 30.3 Å². The molecule has 0 atom stereocenters. The Morgan fingerprint density at radius 1 is 1.07 bits per heavy atom. The van der Waals surface area contributed by atoms with E-state index >= 15 is 0 Å². The van der Waals surface area contributed by atoms with Crippen LogP contribution in [0.4, 0.5) is 23.0 Å². The SMILES string of the molecule is O=[N+]([O-])c1c(NCCC2=CCCCC2)ncnc1Nc1cccc2cccnc12. The van der Waals surface area contributed by atoms with Gasteiger partial charge in [0, 0.05) is 18.1 Å². The van der Waals surface area contributed by atoms with Crippen molar-refractivity contribution in [2.45, 2.75) is 32.1 Å². The molecule has 0 saturated carbocycles. The van der Waals surface area contributed by atoms with Crippen LogP contribution < -0.4 is 10.6 Å². The molecule has 0 amide bonds. The highest BCUT2D eigenvalue weighted by molar-refractivity contribution is 5.92. The lowest BCUT2D eigenvalue weighted by atomic mass is 9.97. The number of pyridine rings is 1. The topological polar surface area (TPSA) is 106 Å². The van der Waals surface area contributed by atoms with E-state index in [-0.39, 0.29) is 17.3 Å². The van der Waals surface area contributed by atoms with Crippen LogP contribution in [0.3, 0.4) is 0 Å². The minimum Gasteiger partial charge on any atom is -0.364 e. The standard InChI is InChI=1S/C21H22N6O2/c28-27(29)19-20(23-13-11-15-6-2-1-3-7-15)24-14-25-21(19)26-17-10-4-8-16-9-5-12-22-18(16)17/h4-6,8-10,12,14H,1-3,7,11,13H2,(H2,23,24,25,26). The summed E-state index contributed by atoms with van der Waals surface area (Å²) in [6.07, 6.45) is 10.8. The lowest BCUT2D eigenvalue weighted by Crippen LogP contribution is -2.10. The zero-order valence-electron chi connectivity index (χ0n) is 16.0. The smallest absolute Gasteiger partial charge is 0.353 e. The van der Waals surface area contributed by atoms with Crippen molar-refractivity contribution in [3.63, 3.8) is 0 Å². The van der Waals surface area contributed by atoms with Gasteiger partial charge in [-0.1, -0.05) is 29.8 Å². The number of aromatic nitrogens is 3. The Morgan fingerprint density at radius 3 is 2.76 bits per heavy atom. The number of hydrogen-bond acceptors (Lipinski definition) is 7. The van der Waals surface area contributed by atoms with Gasteiger partial charge < -0.3 is 10.6 Å². The average molecular weight is 390 g/mol. The van der Waals surface area contributed by atoms with Crippen LogP contribution in [0.2, 0.25) is 0 Å². The minimum atomic E-state index is -0.455. The molecular formula is C21H22N6O2. The third-order valence-electron chi connectivity index (χ3n) is 5.01. The van der Waals surface area contributed by atoms with Gasteiger partial charge in [0.2, 0.25) is 11.6 Å². The normalized spacial score (nSPS) is 13.7. The number of allylic oxidation sites excluding steroid dienone is 1. The van der Waals surface area contributed by atoms with E-state index in [0.717, 1.165) is 30.2 Å². The maximum Gasteiger partial charge on any atom is 0.353 e. The van der Waals surface area contributed by atoms with Crippen molar-refractivity contribution in [1.82, 2.24) is 15.0 Å². The summed E-state index contributed by atoms with van der Waals surface area (Å²) in [5, 5.41) is 18.9. The Balaban J connectivity index is 1.58. The quantitative estimate of drug-likeness (QED) is 0.333. The monoisotopic (exact) mass is 390 g/mol. The molecule has 0 saturated heterocycles. The molecule has 1 aliphatic rings. The van der Waals surface area contributed by atoms with E-state index in [1.54, 1.807) is 6.20 Å². The largest absolute Gasteiger partial charge is 0.364 e. The molecular weight excluding hydrogens is 368 g/mol. The van der Waals surface area contributed by atoms with E-state index in [9.17, 15) is 10.1 Å². The summed E-state index contributed by atoms with van der Waals surface area (Å²) >= 11 is 0. The van der Waals surface area contributed by atoms with Crippen molar-refractivity contribution < 1.29 is 4.92 Å². The second-order valence-corrected chi connectivity index (χ2v) is 6.97. The molecule has 2 aromatic heterocycles.